The number of aromatic carboxylic acids is 1. The fourth-order valence-electron chi connectivity index (χ4n) is 1.84. The molecule has 1 N–H and O–H groups in total. The summed E-state index contributed by atoms with van der Waals surface area (Å²) in [6.07, 6.45) is 0. The third-order valence-corrected chi connectivity index (χ3v) is 7.05. The molecule has 1 heterocycles. The zero-order chi connectivity index (χ0) is 14.9. The van der Waals surface area contributed by atoms with Crippen LogP contribution in [0.1, 0.15) is 10.4 Å². The molecule has 0 atom stereocenters. The molecule has 0 aromatic heterocycles. The summed E-state index contributed by atoms with van der Waals surface area (Å²) in [5, 5.41) is 9.05. The van der Waals surface area contributed by atoms with Crippen molar-refractivity contribution in [2.75, 3.05) is 24.6 Å². The summed E-state index contributed by atoms with van der Waals surface area (Å²) in [6, 6.07) is 4.04. The van der Waals surface area contributed by atoms with Gasteiger partial charge < -0.3 is 5.11 Å². The van der Waals surface area contributed by atoms with Crippen LogP contribution in [-0.4, -0.2) is 52.6 Å². The lowest BCUT2D eigenvalue weighted by atomic mass is 10.2. The average Bonchev–Trinajstić information content (AvgIpc) is 2.39. The van der Waals surface area contributed by atoms with Gasteiger partial charge in [0.15, 0.2) is 0 Å². The van der Waals surface area contributed by atoms with Gasteiger partial charge in [-0.1, -0.05) is 0 Å². The number of nitrogens with zero attached hydrogens (tertiary/aromatic N) is 1. The van der Waals surface area contributed by atoms with Crippen molar-refractivity contribution in [3.63, 3.8) is 0 Å². The van der Waals surface area contributed by atoms with Crippen LogP contribution >= 0.6 is 22.6 Å². The second-order valence-electron chi connectivity index (χ2n) is 4.20. The highest BCUT2D eigenvalue weighted by Crippen LogP contribution is 2.22. The number of hydrogen-bond acceptors (Lipinski definition) is 4. The van der Waals surface area contributed by atoms with Gasteiger partial charge in [0, 0.05) is 39.0 Å². The molecule has 9 heteroatoms. The van der Waals surface area contributed by atoms with Crippen LogP contribution in [0.4, 0.5) is 0 Å². The van der Waals surface area contributed by atoms with Crippen molar-refractivity contribution in [3.8, 4) is 0 Å². The second-order valence-corrected chi connectivity index (χ2v) is 9.00. The van der Waals surface area contributed by atoms with Gasteiger partial charge in [-0.2, -0.15) is 4.31 Å². The van der Waals surface area contributed by atoms with E-state index in [2.05, 4.69) is 0 Å². The third kappa shape index (κ3) is 3.21. The molecule has 0 saturated carbocycles. The van der Waals surface area contributed by atoms with Gasteiger partial charge in [-0.3, -0.25) is 4.21 Å². The van der Waals surface area contributed by atoms with Gasteiger partial charge in [-0.15, -0.1) is 0 Å². The number of carboxylic acid groups (broad SMARTS) is 1. The molecule has 0 radical (unpaired) electrons. The first-order valence-corrected chi connectivity index (χ1v) is 9.71. The van der Waals surface area contributed by atoms with Crippen molar-refractivity contribution in [1.29, 1.82) is 0 Å². The van der Waals surface area contributed by atoms with E-state index in [4.69, 9.17) is 5.11 Å². The number of sulfonamides is 1. The van der Waals surface area contributed by atoms with Crippen LogP contribution in [0.25, 0.3) is 0 Å². The zero-order valence-corrected chi connectivity index (χ0v) is 14.1. The Morgan fingerprint density at radius 3 is 2.45 bits per heavy atom. The van der Waals surface area contributed by atoms with Crippen molar-refractivity contribution >= 4 is 49.4 Å². The van der Waals surface area contributed by atoms with Crippen LogP contribution < -0.4 is 0 Å². The van der Waals surface area contributed by atoms with E-state index in [0.29, 0.717) is 15.1 Å². The Morgan fingerprint density at radius 2 is 1.90 bits per heavy atom. The number of benzene rings is 1. The maximum absolute atomic E-state index is 12.4. The molecule has 20 heavy (non-hydrogen) atoms. The first-order valence-electron chi connectivity index (χ1n) is 5.70. The first-order chi connectivity index (χ1) is 9.32. The lowest BCUT2D eigenvalue weighted by Crippen LogP contribution is -2.41. The summed E-state index contributed by atoms with van der Waals surface area (Å²) in [7, 11) is -4.69. The Kier molecular flexibility index (Phi) is 4.82. The number of rotatable bonds is 3. The minimum atomic E-state index is -3.73. The lowest BCUT2D eigenvalue weighted by Gasteiger charge is -2.25. The minimum Gasteiger partial charge on any atom is -0.478 e. The molecular formula is C11H12INO5S2. The highest BCUT2D eigenvalue weighted by atomic mass is 127. The highest BCUT2D eigenvalue weighted by Gasteiger charge is 2.29. The van der Waals surface area contributed by atoms with Gasteiger partial charge in [0.2, 0.25) is 10.0 Å². The quantitative estimate of drug-likeness (QED) is 0.716. The van der Waals surface area contributed by atoms with Gasteiger partial charge in [-0.05, 0) is 40.8 Å². The Hall–Kier alpha value is -0.520. The molecular weight excluding hydrogens is 417 g/mol. The third-order valence-electron chi connectivity index (χ3n) is 2.94. The van der Waals surface area contributed by atoms with Crippen LogP contribution in [0.3, 0.4) is 0 Å². The normalized spacial score (nSPS) is 18.1. The topological polar surface area (TPSA) is 91.8 Å². The van der Waals surface area contributed by atoms with Crippen molar-refractivity contribution in [2.45, 2.75) is 4.90 Å². The molecule has 6 nitrogen and oxygen atoms in total. The number of carbonyl (C=O) groups is 1. The van der Waals surface area contributed by atoms with Crippen LogP contribution in [0.15, 0.2) is 23.1 Å². The molecule has 1 fully saturated rings. The van der Waals surface area contributed by atoms with Crippen molar-refractivity contribution in [2.24, 2.45) is 0 Å². The molecule has 1 aromatic rings. The van der Waals surface area contributed by atoms with Gasteiger partial charge in [0.05, 0.1) is 10.5 Å². The largest absolute Gasteiger partial charge is 0.478 e. The van der Waals surface area contributed by atoms with Gasteiger partial charge in [0.25, 0.3) is 0 Å². The van der Waals surface area contributed by atoms with E-state index in [1.165, 1.54) is 22.5 Å². The van der Waals surface area contributed by atoms with Gasteiger partial charge >= 0.3 is 5.97 Å². The molecule has 1 aliphatic rings. The maximum Gasteiger partial charge on any atom is 0.336 e. The van der Waals surface area contributed by atoms with Crippen LogP contribution in [0, 0.1) is 3.57 Å². The van der Waals surface area contributed by atoms with Crippen molar-refractivity contribution in [1.82, 2.24) is 4.31 Å². The number of carboxylic acids is 1. The fourth-order valence-corrected chi connectivity index (χ4v) is 5.16. The summed E-state index contributed by atoms with van der Waals surface area (Å²) in [4.78, 5) is 11.0. The van der Waals surface area contributed by atoms with E-state index < -0.39 is 26.8 Å². The maximum atomic E-state index is 12.4. The molecule has 1 aromatic carbocycles. The summed E-state index contributed by atoms with van der Waals surface area (Å²) < 4.78 is 37.8. The predicted octanol–water partition coefficient (Wildman–Crippen LogP) is 0.742. The Labute approximate surface area is 132 Å². The summed E-state index contributed by atoms with van der Waals surface area (Å²) >= 11 is 1.85. The Morgan fingerprint density at radius 1 is 1.30 bits per heavy atom. The van der Waals surface area contributed by atoms with E-state index in [1.54, 1.807) is 0 Å². The van der Waals surface area contributed by atoms with Crippen LogP contribution in [0.5, 0.6) is 0 Å². The van der Waals surface area contributed by atoms with Crippen molar-refractivity contribution < 1.29 is 22.5 Å². The Bertz CT molecular complexity index is 663. The predicted molar refractivity (Wildman–Crippen MR) is 82.8 cm³/mol. The molecule has 110 valence electrons. The molecule has 1 saturated heterocycles. The average molecular weight is 429 g/mol. The van der Waals surface area contributed by atoms with E-state index in [9.17, 15) is 17.4 Å². The molecule has 2 rings (SSSR count). The SMILES string of the molecule is O=C(O)c1cc(S(=O)(=O)N2CCS(=O)CC2)ccc1I. The van der Waals surface area contributed by atoms with Crippen LogP contribution in [0.2, 0.25) is 0 Å². The van der Waals surface area contributed by atoms with E-state index in [-0.39, 0.29) is 23.5 Å². The van der Waals surface area contributed by atoms with Crippen molar-refractivity contribution in [3.05, 3.63) is 27.3 Å². The zero-order valence-electron chi connectivity index (χ0n) is 10.3. The summed E-state index contributed by atoms with van der Waals surface area (Å²) in [5.41, 5.74) is -0.0349. The van der Waals surface area contributed by atoms with Gasteiger partial charge in [-0.25, -0.2) is 13.2 Å². The van der Waals surface area contributed by atoms with E-state index in [1.807, 2.05) is 22.6 Å². The molecule has 0 bridgehead atoms. The van der Waals surface area contributed by atoms with E-state index >= 15 is 0 Å². The highest BCUT2D eigenvalue weighted by molar-refractivity contribution is 14.1. The molecule has 0 amide bonds. The summed E-state index contributed by atoms with van der Waals surface area (Å²) in [6.45, 7) is 0.396. The number of halogens is 1. The molecule has 1 aliphatic heterocycles. The second kappa shape index (κ2) is 6.08. The number of hydrogen-bond donors (Lipinski definition) is 1. The fraction of sp³-hybridized carbons (Fsp3) is 0.364. The molecule has 0 unspecified atom stereocenters. The molecule has 0 aliphatic carbocycles. The first kappa shape index (κ1) is 15.9. The lowest BCUT2D eigenvalue weighted by molar-refractivity contribution is 0.0695. The molecule has 0 spiro atoms. The van der Waals surface area contributed by atoms with Crippen LogP contribution in [-0.2, 0) is 20.8 Å². The summed E-state index contributed by atoms with van der Waals surface area (Å²) in [5.74, 6) is -0.531. The van der Waals surface area contributed by atoms with Gasteiger partial charge in [0.1, 0.15) is 0 Å². The monoisotopic (exact) mass is 429 g/mol. The van der Waals surface area contributed by atoms with E-state index in [0.717, 1.165) is 0 Å². The Balaban J connectivity index is 2.37. The minimum absolute atomic E-state index is 0.0349. The smallest absolute Gasteiger partial charge is 0.336 e. The standard InChI is InChI=1S/C11H12INO5S2/c12-10-2-1-8(7-9(10)11(14)15)20(17,18)13-3-5-19(16)6-4-13/h1-2,7H,3-6H2,(H,14,15).